The lowest BCUT2D eigenvalue weighted by Crippen LogP contribution is -2.43. The van der Waals surface area contributed by atoms with Crippen molar-refractivity contribution in [2.75, 3.05) is 12.9 Å². The van der Waals surface area contributed by atoms with E-state index in [1.807, 2.05) is 0 Å². The van der Waals surface area contributed by atoms with Gasteiger partial charge < -0.3 is 18.9 Å². The second-order valence-electron chi connectivity index (χ2n) is 5.86. The standard InChI is InChI=1S/C12H19NO7S/c1-6-13-8-10(20-21(4,14)15)9(18-11(8)17-6)7-5-16-12(2,3)19-7/h7-11H,5H2,1-4H3/t7-,8-,9-,10-,11+/m1/s1. The van der Waals surface area contributed by atoms with Crippen molar-refractivity contribution in [3.8, 4) is 0 Å². The van der Waals surface area contributed by atoms with Gasteiger partial charge in [0.25, 0.3) is 10.1 Å². The first kappa shape index (κ1) is 15.2. The minimum Gasteiger partial charge on any atom is -0.450 e. The van der Waals surface area contributed by atoms with Gasteiger partial charge in [0.15, 0.2) is 11.7 Å². The molecule has 0 aliphatic carbocycles. The van der Waals surface area contributed by atoms with Crippen LogP contribution in [0.5, 0.6) is 0 Å². The van der Waals surface area contributed by atoms with Gasteiger partial charge in [0.1, 0.15) is 24.4 Å². The molecule has 3 aliphatic heterocycles. The van der Waals surface area contributed by atoms with Crippen molar-refractivity contribution < 1.29 is 31.5 Å². The molecule has 5 atom stereocenters. The van der Waals surface area contributed by atoms with Crippen LogP contribution in [0.4, 0.5) is 0 Å². The molecule has 3 rings (SSSR count). The highest BCUT2D eigenvalue weighted by atomic mass is 32.2. The summed E-state index contributed by atoms with van der Waals surface area (Å²) in [5.74, 6) is -0.282. The number of fused-ring (bicyclic) bond motifs is 1. The normalized spacial score (nSPS) is 41.7. The quantitative estimate of drug-likeness (QED) is 0.677. The van der Waals surface area contributed by atoms with E-state index in [4.69, 9.17) is 23.1 Å². The molecule has 0 saturated carbocycles. The van der Waals surface area contributed by atoms with Gasteiger partial charge in [0.05, 0.1) is 12.9 Å². The number of nitrogens with zero attached hydrogens (tertiary/aromatic N) is 1. The zero-order chi connectivity index (χ0) is 15.4. The summed E-state index contributed by atoms with van der Waals surface area (Å²) in [7, 11) is -3.66. The molecule has 3 aliphatic rings. The van der Waals surface area contributed by atoms with Gasteiger partial charge in [0.2, 0.25) is 6.29 Å². The average Bonchev–Trinajstić information content (AvgIpc) is 2.92. The molecule has 0 unspecified atom stereocenters. The molecule has 0 bridgehead atoms. The maximum absolute atomic E-state index is 11.5. The first-order chi connectivity index (χ1) is 9.65. The molecule has 8 nitrogen and oxygen atoms in total. The van der Waals surface area contributed by atoms with Crippen LogP contribution in [0.1, 0.15) is 20.8 Å². The maximum Gasteiger partial charge on any atom is 0.264 e. The molecule has 9 heteroatoms. The summed E-state index contributed by atoms with van der Waals surface area (Å²) in [6, 6.07) is -0.517. The van der Waals surface area contributed by atoms with E-state index in [0.717, 1.165) is 6.26 Å². The van der Waals surface area contributed by atoms with E-state index in [-0.39, 0.29) is 0 Å². The van der Waals surface area contributed by atoms with E-state index in [9.17, 15) is 8.42 Å². The second-order valence-corrected chi connectivity index (χ2v) is 7.46. The Morgan fingerprint density at radius 1 is 1.38 bits per heavy atom. The van der Waals surface area contributed by atoms with Gasteiger partial charge in [-0.1, -0.05) is 0 Å². The summed E-state index contributed by atoms with van der Waals surface area (Å²) in [5, 5.41) is 0. The van der Waals surface area contributed by atoms with Crippen LogP contribution in [0.2, 0.25) is 0 Å². The van der Waals surface area contributed by atoms with Crippen molar-refractivity contribution in [1.29, 1.82) is 0 Å². The topological polar surface area (TPSA) is 92.7 Å². The Kier molecular flexibility index (Phi) is 3.53. The van der Waals surface area contributed by atoms with E-state index >= 15 is 0 Å². The minimum absolute atomic E-state index is 0.295. The van der Waals surface area contributed by atoms with Crippen LogP contribution in [0, 0.1) is 0 Å². The van der Waals surface area contributed by atoms with Crippen molar-refractivity contribution in [3.63, 3.8) is 0 Å². The molecule has 0 N–H and O–H groups in total. The van der Waals surface area contributed by atoms with Crippen molar-refractivity contribution in [2.45, 2.75) is 57.2 Å². The molecule has 120 valence electrons. The highest BCUT2D eigenvalue weighted by Crippen LogP contribution is 2.37. The van der Waals surface area contributed by atoms with E-state index in [2.05, 4.69) is 4.99 Å². The lowest BCUT2D eigenvalue weighted by atomic mass is 10.1. The summed E-state index contributed by atoms with van der Waals surface area (Å²) in [6.45, 7) is 5.55. The predicted octanol–water partition coefficient (Wildman–Crippen LogP) is 0.0248. The Morgan fingerprint density at radius 2 is 2.10 bits per heavy atom. The first-order valence-corrected chi connectivity index (χ1v) is 8.53. The molecule has 0 aromatic heterocycles. The van der Waals surface area contributed by atoms with Crippen molar-refractivity contribution in [1.82, 2.24) is 0 Å². The lowest BCUT2D eigenvalue weighted by molar-refractivity contribution is -0.171. The SMILES string of the molecule is CC1=N[C@H]2[C@@H](O1)O[C@H]([C@H]1COC(C)(C)O1)[C@@H]2OS(C)(=O)=O. The van der Waals surface area contributed by atoms with Crippen LogP contribution in [0.15, 0.2) is 4.99 Å². The van der Waals surface area contributed by atoms with Crippen molar-refractivity contribution >= 4 is 16.0 Å². The highest BCUT2D eigenvalue weighted by Gasteiger charge is 2.56. The average molecular weight is 321 g/mol. The largest absolute Gasteiger partial charge is 0.450 e. The second kappa shape index (κ2) is 4.88. The van der Waals surface area contributed by atoms with Gasteiger partial charge in [-0.05, 0) is 13.8 Å². The number of hydrogen-bond acceptors (Lipinski definition) is 8. The third-order valence-corrected chi connectivity index (χ3v) is 4.10. The zero-order valence-corrected chi connectivity index (χ0v) is 13.1. The lowest BCUT2D eigenvalue weighted by Gasteiger charge is -2.24. The molecule has 2 saturated heterocycles. The Hall–Kier alpha value is -0.740. The molecule has 0 radical (unpaired) electrons. The van der Waals surface area contributed by atoms with Gasteiger partial charge in [-0.15, -0.1) is 0 Å². The summed E-state index contributed by atoms with van der Waals surface area (Å²) in [5.41, 5.74) is 0. The summed E-state index contributed by atoms with van der Waals surface area (Å²) < 4.78 is 50.6. The predicted molar refractivity (Wildman–Crippen MR) is 71.3 cm³/mol. The zero-order valence-electron chi connectivity index (χ0n) is 12.3. The molecular weight excluding hydrogens is 302 g/mol. The van der Waals surface area contributed by atoms with Crippen LogP contribution < -0.4 is 0 Å². The smallest absolute Gasteiger partial charge is 0.264 e. The van der Waals surface area contributed by atoms with Gasteiger partial charge in [-0.2, -0.15) is 8.42 Å². The molecule has 0 aromatic rings. The first-order valence-electron chi connectivity index (χ1n) is 6.71. The monoisotopic (exact) mass is 321 g/mol. The van der Waals surface area contributed by atoms with Crippen LogP contribution in [0.3, 0.4) is 0 Å². The molecule has 2 fully saturated rings. The van der Waals surface area contributed by atoms with Gasteiger partial charge >= 0.3 is 0 Å². The number of rotatable bonds is 3. The van der Waals surface area contributed by atoms with E-state index in [1.165, 1.54) is 0 Å². The summed E-state index contributed by atoms with van der Waals surface area (Å²) in [4.78, 5) is 4.26. The molecule has 3 heterocycles. The Balaban J connectivity index is 1.82. The van der Waals surface area contributed by atoms with Crippen LogP contribution in [0.25, 0.3) is 0 Å². The fraction of sp³-hybridized carbons (Fsp3) is 0.917. The van der Waals surface area contributed by atoms with Crippen molar-refractivity contribution in [2.24, 2.45) is 4.99 Å². The van der Waals surface area contributed by atoms with E-state index in [1.54, 1.807) is 20.8 Å². The Labute approximate surface area is 123 Å². The van der Waals surface area contributed by atoms with Crippen LogP contribution >= 0.6 is 0 Å². The number of ether oxygens (including phenoxy) is 4. The fourth-order valence-corrected chi connectivity index (χ4v) is 3.42. The van der Waals surface area contributed by atoms with E-state index in [0.29, 0.717) is 12.5 Å². The van der Waals surface area contributed by atoms with Gasteiger partial charge in [0, 0.05) is 6.92 Å². The Morgan fingerprint density at radius 3 is 2.67 bits per heavy atom. The minimum atomic E-state index is -3.66. The molecule has 0 aromatic carbocycles. The fourth-order valence-electron chi connectivity index (χ4n) is 2.79. The third kappa shape index (κ3) is 3.07. The third-order valence-electron chi connectivity index (χ3n) is 3.53. The molecular formula is C12H19NO7S. The van der Waals surface area contributed by atoms with Gasteiger partial charge in [-0.3, -0.25) is 4.18 Å². The molecule has 0 spiro atoms. The number of hydrogen-bond donors (Lipinski definition) is 0. The van der Waals surface area contributed by atoms with Crippen LogP contribution in [-0.2, 0) is 33.2 Å². The molecule has 0 amide bonds. The number of aliphatic imine (C=N–C) groups is 1. The van der Waals surface area contributed by atoms with Gasteiger partial charge in [-0.25, -0.2) is 4.99 Å². The Bertz CT molecular complexity index is 558. The highest BCUT2D eigenvalue weighted by molar-refractivity contribution is 7.86. The summed E-state index contributed by atoms with van der Waals surface area (Å²) in [6.07, 6.45) is -1.48. The maximum atomic E-state index is 11.5. The van der Waals surface area contributed by atoms with E-state index < -0.39 is 46.5 Å². The molecule has 21 heavy (non-hydrogen) atoms. The van der Waals surface area contributed by atoms with Crippen molar-refractivity contribution in [3.05, 3.63) is 0 Å². The van der Waals surface area contributed by atoms with Crippen LogP contribution in [-0.4, -0.2) is 63.6 Å². The summed E-state index contributed by atoms with van der Waals surface area (Å²) >= 11 is 0.